The maximum absolute atomic E-state index is 10.3. The summed E-state index contributed by atoms with van der Waals surface area (Å²) in [7, 11) is 0. The molecule has 0 saturated carbocycles. The Labute approximate surface area is 136 Å². The van der Waals surface area contributed by atoms with Crippen molar-refractivity contribution in [3.63, 3.8) is 0 Å². The number of phenols is 1. The van der Waals surface area contributed by atoms with Crippen molar-refractivity contribution in [2.45, 2.75) is 79.1 Å². The molecule has 1 aromatic rings. The summed E-state index contributed by atoms with van der Waals surface area (Å²) in [5.74, 6) is 1.24. The van der Waals surface area contributed by atoms with Crippen molar-refractivity contribution in [3.8, 4) is 11.5 Å². The van der Waals surface area contributed by atoms with Crippen LogP contribution in [-0.4, -0.2) is 11.7 Å². The third-order valence-electron chi connectivity index (χ3n) is 3.94. The molecular formula is C20H34O2. The normalized spacial score (nSPS) is 12.5. The van der Waals surface area contributed by atoms with Crippen LogP contribution in [-0.2, 0) is 5.41 Å². The Hall–Kier alpha value is -1.18. The minimum atomic E-state index is -0.0795. The quantitative estimate of drug-likeness (QED) is 0.591. The largest absolute Gasteiger partial charge is 0.508 e. The number of ether oxygens (including phenoxy) is 1. The first kappa shape index (κ1) is 18.9. The SMILES string of the molecule is CCCCCCOc1ccc(O)c(C(C)(C)CC(C)(C)C)c1. The van der Waals surface area contributed by atoms with Gasteiger partial charge in [0.25, 0.3) is 0 Å². The summed E-state index contributed by atoms with van der Waals surface area (Å²) in [6.45, 7) is 14.1. The Kier molecular flexibility index (Phi) is 6.77. The van der Waals surface area contributed by atoms with Crippen molar-refractivity contribution >= 4 is 0 Å². The summed E-state index contributed by atoms with van der Waals surface area (Å²) >= 11 is 0. The lowest BCUT2D eigenvalue weighted by Crippen LogP contribution is -2.25. The Balaban J connectivity index is 2.77. The van der Waals surface area contributed by atoms with Crippen LogP contribution in [0.3, 0.4) is 0 Å². The van der Waals surface area contributed by atoms with Gasteiger partial charge in [-0.1, -0.05) is 60.8 Å². The van der Waals surface area contributed by atoms with Crippen molar-refractivity contribution in [1.29, 1.82) is 0 Å². The smallest absolute Gasteiger partial charge is 0.119 e. The molecule has 1 aromatic carbocycles. The number of hydrogen-bond donors (Lipinski definition) is 1. The van der Waals surface area contributed by atoms with Gasteiger partial charge in [-0.3, -0.25) is 0 Å². The second-order valence-electron chi connectivity index (χ2n) is 8.21. The van der Waals surface area contributed by atoms with E-state index in [0.717, 1.165) is 30.8 Å². The first-order chi connectivity index (χ1) is 10.2. The van der Waals surface area contributed by atoms with Gasteiger partial charge in [0.15, 0.2) is 0 Å². The first-order valence-corrected chi connectivity index (χ1v) is 8.62. The molecule has 2 nitrogen and oxygen atoms in total. The standard InChI is InChI=1S/C20H34O2/c1-7-8-9-10-13-22-16-11-12-18(21)17(14-16)20(5,6)15-19(2,3)4/h11-12,14,21H,7-10,13,15H2,1-6H3. The highest BCUT2D eigenvalue weighted by molar-refractivity contribution is 5.43. The average Bonchev–Trinajstić information content (AvgIpc) is 2.37. The maximum atomic E-state index is 10.3. The monoisotopic (exact) mass is 306 g/mol. The molecule has 2 heteroatoms. The molecule has 126 valence electrons. The Morgan fingerprint density at radius 3 is 2.27 bits per heavy atom. The molecule has 0 aliphatic heterocycles. The van der Waals surface area contributed by atoms with E-state index in [1.165, 1.54) is 19.3 Å². The number of unbranched alkanes of at least 4 members (excludes halogenated alkanes) is 3. The summed E-state index contributed by atoms with van der Waals surface area (Å²) in [6.07, 6.45) is 5.83. The number of aromatic hydroxyl groups is 1. The van der Waals surface area contributed by atoms with E-state index >= 15 is 0 Å². The van der Waals surface area contributed by atoms with Gasteiger partial charge >= 0.3 is 0 Å². The molecular weight excluding hydrogens is 272 g/mol. The van der Waals surface area contributed by atoms with Gasteiger partial charge in [0, 0.05) is 5.56 Å². The minimum absolute atomic E-state index is 0.0795. The summed E-state index contributed by atoms with van der Waals surface area (Å²) < 4.78 is 5.86. The number of phenolic OH excluding ortho intramolecular Hbond substituents is 1. The predicted octanol–water partition coefficient (Wildman–Crippen LogP) is 6.07. The minimum Gasteiger partial charge on any atom is -0.508 e. The van der Waals surface area contributed by atoms with Gasteiger partial charge in [-0.15, -0.1) is 0 Å². The van der Waals surface area contributed by atoms with Crippen molar-refractivity contribution < 1.29 is 9.84 Å². The number of hydrogen-bond acceptors (Lipinski definition) is 2. The van der Waals surface area contributed by atoms with Crippen LogP contribution in [0.5, 0.6) is 11.5 Å². The molecule has 1 rings (SSSR count). The number of benzene rings is 1. The molecule has 0 amide bonds. The molecule has 0 radical (unpaired) electrons. The average molecular weight is 306 g/mol. The lowest BCUT2D eigenvalue weighted by molar-refractivity contribution is 0.274. The molecule has 0 aliphatic carbocycles. The summed E-state index contributed by atoms with van der Waals surface area (Å²) in [4.78, 5) is 0. The molecule has 0 heterocycles. The van der Waals surface area contributed by atoms with E-state index in [0.29, 0.717) is 5.75 Å². The zero-order chi connectivity index (χ0) is 16.8. The van der Waals surface area contributed by atoms with Gasteiger partial charge in [-0.25, -0.2) is 0 Å². The molecule has 1 N–H and O–H groups in total. The third-order valence-corrected chi connectivity index (χ3v) is 3.94. The Morgan fingerprint density at radius 2 is 1.68 bits per heavy atom. The van der Waals surface area contributed by atoms with E-state index in [1.807, 2.05) is 12.1 Å². The van der Waals surface area contributed by atoms with Crippen molar-refractivity contribution in [2.75, 3.05) is 6.61 Å². The van der Waals surface area contributed by atoms with E-state index in [-0.39, 0.29) is 10.8 Å². The second-order valence-corrected chi connectivity index (χ2v) is 8.21. The summed E-state index contributed by atoms with van der Waals surface area (Å²) in [5.41, 5.74) is 1.12. The maximum Gasteiger partial charge on any atom is 0.119 e. The zero-order valence-electron chi connectivity index (χ0n) is 15.3. The first-order valence-electron chi connectivity index (χ1n) is 8.62. The van der Waals surface area contributed by atoms with E-state index < -0.39 is 0 Å². The van der Waals surface area contributed by atoms with Crippen LogP contribution in [0.1, 0.15) is 79.2 Å². The Morgan fingerprint density at radius 1 is 1.00 bits per heavy atom. The summed E-state index contributed by atoms with van der Waals surface area (Å²) in [5, 5.41) is 10.3. The van der Waals surface area contributed by atoms with Crippen molar-refractivity contribution in [1.82, 2.24) is 0 Å². The fourth-order valence-electron chi connectivity index (χ4n) is 3.29. The highest BCUT2D eigenvalue weighted by Gasteiger charge is 2.29. The van der Waals surface area contributed by atoms with Crippen LogP contribution in [0.2, 0.25) is 0 Å². The van der Waals surface area contributed by atoms with Gasteiger partial charge in [0.05, 0.1) is 6.61 Å². The van der Waals surface area contributed by atoms with Gasteiger partial charge in [0.1, 0.15) is 11.5 Å². The lowest BCUT2D eigenvalue weighted by atomic mass is 9.72. The highest BCUT2D eigenvalue weighted by Crippen LogP contribution is 2.41. The molecule has 0 atom stereocenters. The van der Waals surface area contributed by atoms with Crippen LogP contribution in [0.4, 0.5) is 0 Å². The number of rotatable bonds is 8. The summed E-state index contributed by atoms with van der Waals surface area (Å²) in [6, 6.07) is 5.65. The second kappa shape index (κ2) is 7.89. The van der Waals surface area contributed by atoms with E-state index in [9.17, 15) is 5.11 Å². The molecule has 0 spiro atoms. The van der Waals surface area contributed by atoms with Crippen molar-refractivity contribution in [3.05, 3.63) is 23.8 Å². The van der Waals surface area contributed by atoms with Crippen LogP contribution < -0.4 is 4.74 Å². The van der Waals surface area contributed by atoms with Crippen molar-refractivity contribution in [2.24, 2.45) is 5.41 Å². The highest BCUT2D eigenvalue weighted by atomic mass is 16.5. The van der Waals surface area contributed by atoms with Crippen LogP contribution in [0.15, 0.2) is 18.2 Å². The van der Waals surface area contributed by atoms with Gasteiger partial charge in [-0.2, -0.15) is 0 Å². The van der Waals surface area contributed by atoms with Gasteiger partial charge in [-0.05, 0) is 41.9 Å². The molecule has 22 heavy (non-hydrogen) atoms. The Bertz CT molecular complexity index is 455. The predicted molar refractivity (Wildman–Crippen MR) is 94.8 cm³/mol. The van der Waals surface area contributed by atoms with Crippen LogP contribution >= 0.6 is 0 Å². The zero-order valence-corrected chi connectivity index (χ0v) is 15.3. The lowest BCUT2D eigenvalue weighted by Gasteiger charge is -2.33. The molecule has 0 aliphatic rings. The fraction of sp³-hybridized carbons (Fsp3) is 0.700. The van der Waals surface area contributed by atoms with Crippen LogP contribution in [0.25, 0.3) is 0 Å². The third kappa shape index (κ3) is 6.29. The molecule has 0 unspecified atom stereocenters. The van der Waals surface area contributed by atoms with Gasteiger partial charge < -0.3 is 9.84 Å². The van der Waals surface area contributed by atoms with Gasteiger partial charge in [0.2, 0.25) is 0 Å². The topological polar surface area (TPSA) is 29.5 Å². The fourth-order valence-corrected chi connectivity index (χ4v) is 3.29. The molecule has 0 fully saturated rings. The van der Waals surface area contributed by atoms with E-state index in [2.05, 4.69) is 41.5 Å². The molecule has 0 saturated heterocycles. The molecule has 0 bridgehead atoms. The van der Waals surface area contributed by atoms with Crippen LogP contribution in [0, 0.1) is 5.41 Å². The van der Waals surface area contributed by atoms with E-state index in [1.54, 1.807) is 6.07 Å². The van der Waals surface area contributed by atoms with E-state index in [4.69, 9.17) is 4.74 Å². The molecule has 0 aromatic heterocycles.